The second-order valence-corrected chi connectivity index (χ2v) is 9.04. The van der Waals surface area contributed by atoms with Gasteiger partial charge in [-0.05, 0) is 55.0 Å². The minimum absolute atomic E-state index is 0.0307. The number of rotatable bonds is 8. The molecule has 0 saturated carbocycles. The Hall–Kier alpha value is -3.85. The lowest BCUT2D eigenvalue weighted by Gasteiger charge is -2.12. The highest BCUT2D eigenvalue weighted by atomic mass is 32.2. The van der Waals surface area contributed by atoms with Gasteiger partial charge in [-0.2, -0.15) is 0 Å². The van der Waals surface area contributed by atoms with Crippen LogP contribution in [-0.2, 0) is 16.6 Å². The van der Waals surface area contributed by atoms with E-state index in [4.69, 9.17) is 4.74 Å². The van der Waals surface area contributed by atoms with Gasteiger partial charge in [-0.15, -0.1) is 0 Å². The number of aryl methyl sites for hydroxylation is 1. The molecular formula is C24H24N4O4S. The topological polar surface area (TPSA) is 102 Å². The van der Waals surface area contributed by atoms with E-state index in [9.17, 15) is 13.2 Å². The molecule has 33 heavy (non-hydrogen) atoms. The summed E-state index contributed by atoms with van der Waals surface area (Å²) in [5.41, 5.74) is 2.39. The van der Waals surface area contributed by atoms with Gasteiger partial charge in [-0.1, -0.05) is 31.2 Å². The molecule has 1 heterocycles. The van der Waals surface area contributed by atoms with E-state index in [0.717, 1.165) is 17.5 Å². The maximum Gasteiger partial charge on any atom is 0.262 e. The minimum Gasteiger partial charge on any atom is -0.495 e. The molecule has 4 rings (SSSR count). The lowest BCUT2D eigenvalue weighted by Crippen LogP contribution is -2.17. The number of benzene rings is 3. The molecule has 0 bridgehead atoms. The molecule has 0 fully saturated rings. The first-order valence-corrected chi connectivity index (χ1v) is 11.9. The summed E-state index contributed by atoms with van der Waals surface area (Å²) in [6.07, 6.45) is 0.884. The number of carbonyl (C=O) groups excluding carboxylic acids is 1. The highest BCUT2D eigenvalue weighted by Crippen LogP contribution is 2.26. The first-order chi connectivity index (χ1) is 15.9. The molecule has 4 aromatic rings. The van der Waals surface area contributed by atoms with Crippen LogP contribution in [0.3, 0.4) is 0 Å². The summed E-state index contributed by atoms with van der Waals surface area (Å²) in [4.78, 5) is 17.4. The highest BCUT2D eigenvalue weighted by molar-refractivity contribution is 7.92. The van der Waals surface area contributed by atoms with Gasteiger partial charge in [0.15, 0.2) is 0 Å². The molecule has 0 atom stereocenters. The van der Waals surface area contributed by atoms with Crippen LogP contribution >= 0.6 is 0 Å². The van der Waals surface area contributed by atoms with E-state index in [0.29, 0.717) is 29.5 Å². The second-order valence-electron chi connectivity index (χ2n) is 7.36. The third-order valence-electron chi connectivity index (χ3n) is 5.11. The van der Waals surface area contributed by atoms with Gasteiger partial charge < -0.3 is 9.30 Å². The molecule has 9 heteroatoms. The molecule has 1 amide bonds. The molecule has 1 aromatic heterocycles. The van der Waals surface area contributed by atoms with E-state index in [1.807, 2.05) is 28.8 Å². The fourth-order valence-corrected chi connectivity index (χ4v) is 4.58. The van der Waals surface area contributed by atoms with Crippen LogP contribution in [0.15, 0.2) is 77.7 Å². The Kier molecular flexibility index (Phi) is 6.32. The van der Waals surface area contributed by atoms with Crippen molar-refractivity contribution in [2.75, 3.05) is 17.1 Å². The number of methoxy groups -OCH3 is 1. The Labute approximate surface area is 192 Å². The third-order valence-corrected chi connectivity index (χ3v) is 6.49. The van der Waals surface area contributed by atoms with Crippen LogP contribution < -0.4 is 14.8 Å². The van der Waals surface area contributed by atoms with Crippen LogP contribution in [-0.4, -0.2) is 31.0 Å². The van der Waals surface area contributed by atoms with E-state index in [1.54, 1.807) is 24.3 Å². The van der Waals surface area contributed by atoms with Crippen molar-refractivity contribution in [2.24, 2.45) is 0 Å². The smallest absolute Gasteiger partial charge is 0.262 e. The average molecular weight is 465 g/mol. The number of hydrogen-bond acceptors (Lipinski definition) is 5. The Morgan fingerprint density at radius 2 is 1.70 bits per heavy atom. The van der Waals surface area contributed by atoms with Gasteiger partial charge in [0.1, 0.15) is 5.75 Å². The molecular weight excluding hydrogens is 440 g/mol. The predicted molar refractivity (Wildman–Crippen MR) is 128 cm³/mol. The Morgan fingerprint density at radius 3 is 2.42 bits per heavy atom. The summed E-state index contributed by atoms with van der Waals surface area (Å²) >= 11 is 0. The molecule has 0 aliphatic carbocycles. The van der Waals surface area contributed by atoms with Crippen LogP contribution in [0.4, 0.5) is 11.6 Å². The van der Waals surface area contributed by atoms with Gasteiger partial charge in [-0.25, -0.2) is 13.4 Å². The molecule has 0 aliphatic heterocycles. The van der Waals surface area contributed by atoms with E-state index in [-0.39, 0.29) is 10.8 Å². The summed E-state index contributed by atoms with van der Waals surface area (Å²) < 4.78 is 35.2. The molecule has 2 N–H and O–H groups in total. The molecule has 170 valence electrons. The van der Waals surface area contributed by atoms with Crippen molar-refractivity contribution in [1.29, 1.82) is 0 Å². The highest BCUT2D eigenvalue weighted by Gasteiger charge is 2.18. The SMILES string of the molecule is CCCn1c(NC(=O)c2ccc(S(=O)(=O)Nc3ccccc3OC)cc2)nc2ccccc21. The first-order valence-electron chi connectivity index (χ1n) is 10.5. The molecule has 0 unspecified atom stereocenters. The van der Waals surface area contributed by atoms with Crippen LogP contribution in [0.5, 0.6) is 5.75 Å². The Bertz CT molecular complexity index is 1400. The van der Waals surface area contributed by atoms with Crippen LogP contribution in [0.2, 0.25) is 0 Å². The largest absolute Gasteiger partial charge is 0.495 e. The van der Waals surface area contributed by atoms with E-state index >= 15 is 0 Å². The fourth-order valence-electron chi connectivity index (χ4n) is 3.51. The summed E-state index contributed by atoms with van der Waals surface area (Å²) in [6, 6.07) is 20.1. The third kappa shape index (κ3) is 4.68. The van der Waals surface area contributed by atoms with Crippen molar-refractivity contribution in [1.82, 2.24) is 9.55 Å². The van der Waals surface area contributed by atoms with Crippen LogP contribution in [0.1, 0.15) is 23.7 Å². The molecule has 0 spiro atoms. The lowest BCUT2D eigenvalue weighted by molar-refractivity contribution is 0.102. The summed E-state index contributed by atoms with van der Waals surface area (Å²) in [5.74, 6) is 0.494. The van der Waals surface area contributed by atoms with Crippen LogP contribution in [0, 0.1) is 0 Å². The van der Waals surface area contributed by atoms with Gasteiger partial charge in [0, 0.05) is 12.1 Å². The predicted octanol–water partition coefficient (Wildman–Crippen LogP) is 4.51. The number of amides is 1. The zero-order valence-electron chi connectivity index (χ0n) is 18.3. The first kappa shape index (κ1) is 22.3. The summed E-state index contributed by atoms with van der Waals surface area (Å²) in [7, 11) is -2.39. The monoisotopic (exact) mass is 464 g/mol. The number of fused-ring (bicyclic) bond motifs is 1. The number of anilines is 2. The van der Waals surface area contributed by atoms with Gasteiger partial charge in [0.2, 0.25) is 5.95 Å². The number of nitrogens with zero attached hydrogens (tertiary/aromatic N) is 2. The molecule has 8 nitrogen and oxygen atoms in total. The number of imidazole rings is 1. The molecule has 0 aliphatic rings. The van der Waals surface area contributed by atoms with Gasteiger partial charge in [-0.3, -0.25) is 14.8 Å². The van der Waals surface area contributed by atoms with Gasteiger partial charge >= 0.3 is 0 Å². The maximum absolute atomic E-state index is 12.8. The quantitative estimate of drug-likeness (QED) is 0.399. The number of aromatic nitrogens is 2. The van der Waals surface area contributed by atoms with Crippen molar-refractivity contribution in [3.63, 3.8) is 0 Å². The lowest BCUT2D eigenvalue weighted by atomic mass is 10.2. The zero-order valence-corrected chi connectivity index (χ0v) is 19.1. The fraction of sp³-hybridized carbons (Fsp3) is 0.167. The molecule has 0 saturated heterocycles. The number of carbonyl (C=O) groups is 1. The number of sulfonamides is 1. The number of para-hydroxylation sites is 4. The van der Waals surface area contributed by atoms with E-state index in [2.05, 4.69) is 21.9 Å². The van der Waals surface area contributed by atoms with Crippen molar-refractivity contribution >= 4 is 38.6 Å². The van der Waals surface area contributed by atoms with Gasteiger partial charge in [0.25, 0.3) is 15.9 Å². The minimum atomic E-state index is -3.86. The molecule has 3 aromatic carbocycles. The number of nitrogens with one attached hydrogen (secondary N) is 2. The van der Waals surface area contributed by atoms with E-state index < -0.39 is 10.0 Å². The van der Waals surface area contributed by atoms with E-state index in [1.165, 1.54) is 31.4 Å². The Balaban J connectivity index is 1.54. The second kappa shape index (κ2) is 9.33. The number of ether oxygens (including phenoxy) is 1. The van der Waals surface area contributed by atoms with Crippen molar-refractivity contribution in [3.05, 3.63) is 78.4 Å². The number of hydrogen-bond donors (Lipinski definition) is 2. The van der Waals surface area contributed by atoms with Crippen molar-refractivity contribution in [2.45, 2.75) is 24.8 Å². The Morgan fingerprint density at radius 1 is 1.00 bits per heavy atom. The van der Waals surface area contributed by atoms with Gasteiger partial charge in [0.05, 0.1) is 28.7 Å². The zero-order chi connectivity index (χ0) is 23.4. The van der Waals surface area contributed by atoms with Crippen molar-refractivity contribution < 1.29 is 17.9 Å². The van der Waals surface area contributed by atoms with Crippen LogP contribution in [0.25, 0.3) is 11.0 Å². The molecule has 0 radical (unpaired) electrons. The summed E-state index contributed by atoms with van der Waals surface area (Å²) in [5, 5.41) is 2.85. The average Bonchev–Trinajstić information content (AvgIpc) is 3.16. The standard InChI is InChI=1S/C24H24N4O4S/c1-3-16-28-21-10-6-4-8-19(21)25-24(28)26-23(29)17-12-14-18(15-13-17)33(30,31)27-20-9-5-7-11-22(20)32-2/h4-15,27H,3,16H2,1-2H3,(H,25,26,29). The van der Waals surface area contributed by atoms with Crippen molar-refractivity contribution in [3.8, 4) is 5.75 Å². The normalized spacial score (nSPS) is 11.3. The maximum atomic E-state index is 12.8. The summed E-state index contributed by atoms with van der Waals surface area (Å²) in [6.45, 7) is 2.76.